The Morgan fingerprint density at radius 2 is 2.27 bits per heavy atom. The predicted octanol–water partition coefficient (Wildman–Crippen LogP) is -0.140. The van der Waals surface area contributed by atoms with Crippen LogP contribution < -0.4 is 5.73 Å². The van der Waals surface area contributed by atoms with Crippen molar-refractivity contribution in [1.82, 2.24) is 0 Å². The van der Waals surface area contributed by atoms with Crippen molar-refractivity contribution in [3.63, 3.8) is 0 Å². The molecule has 0 amide bonds. The summed E-state index contributed by atoms with van der Waals surface area (Å²) in [4.78, 5) is 0. The van der Waals surface area contributed by atoms with Crippen molar-refractivity contribution in [1.29, 1.82) is 0 Å². The van der Waals surface area contributed by atoms with Gasteiger partial charge in [0.2, 0.25) is 0 Å². The van der Waals surface area contributed by atoms with Crippen LogP contribution in [0.3, 0.4) is 0 Å². The molecule has 5 heteroatoms. The van der Waals surface area contributed by atoms with Crippen LogP contribution in [0.1, 0.15) is 12.8 Å². The summed E-state index contributed by atoms with van der Waals surface area (Å²) in [6, 6.07) is 0. The van der Waals surface area contributed by atoms with Crippen molar-refractivity contribution in [3.05, 3.63) is 0 Å². The molecule has 1 fully saturated rings. The van der Waals surface area contributed by atoms with Gasteiger partial charge in [-0.1, -0.05) is 0 Å². The normalized spacial score (nSPS) is 32.0. The summed E-state index contributed by atoms with van der Waals surface area (Å²) in [5.41, 5.74) is 5.03. The first kappa shape index (κ1) is 8.93. The molecule has 1 rings (SSSR count). The monoisotopic (exact) mass is 181 g/mol. The van der Waals surface area contributed by atoms with Crippen LogP contribution in [0, 0.1) is 0 Å². The van der Waals surface area contributed by atoms with E-state index in [1.807, 2.05) is 0 Å². The average Bonchev–Trinajstić information content (AvgIpc) is 2.28. The standard InChI is InChI=1S/C6H12FNO2S/c7-5(4-8)6-2-1-3-11(6,9)10/h5-6H,1-4,8H2. The summed E-state index contributed by atoms with van der Waals surface area (Å²) in [6.07, 6.45) is -0.365. The number of rotatable bonds is 2. The molecule has 2 unspecified atom stereocenters. The molecule has 2 N–H and O–H groups in total. The van der Waals surface area contributed by atoms with E-state index in [0.29, 0.717) is 12.8 Å². The number of nitrogens with two attached hydrogens (primary N) is 1. The Morgan fingerprint density at radius 3 is 2.64 bits per heavy atom. The molecular formula is C6H12FNO2S. The van der Waals surface area contributed by atoms with Crippen LogP contribution in [0.15, 0.2) is 0 Å². The second kappa shape index (κ2) is 3.06. The summed E-state index contributed by atoms with van der Waals surface area (Å²) in [5.74, 6) is 0.123. The van der Waals surface area contributed by atoms with Gasteiger partial charge in [0.1, 0.15) is 6.17 Å². The number of alkyl halides is 1. The van der Waals surface area contributed by atoms with E-state index in [-0.39, 0.29) is 12.3 Å². The average molecular weight is 181 g/mol. The van der Waals surface area contributed by atoms with Gasteiger partial charge in [-0.15, -0.1) is 0 Å². The Labute approximate surface area is 65.7 Å². The van der Waals surface area contributed by atoms with E-state index in [1.54, 1.807) is 0 Å². The highest BCUT2D eigenvalue weighted by Crippen LogP contribution is 2.23. The summed E-state index contributed by atoms with van der Waals surface area (Å²) >= 11 is 0. The molecule has 66 valence electrons. The van der Waals surface area contributed by atoms with Crippen LogP contribution in [0.4, 0.5) is 4.39 Å². The fraction of sp³-hybridized carbons (Fsp3) is 1.00. The molecule has 0 bridgehead atoms. The molecule has 1 aliphatic rings. The SMILES string of the molecule is NCC(F)C1CCCS1(=O)=O. The topological polar surface area (TPSA) is 60.2 Å². The lowest BCUT2D eigenvalue weighted by Gasteiger charge is -2.11. The lowest BCUT2D eigenvalue weighted by atomic mass is 10.2. The van der Waals surface area contributed by atoms with E-state index in [4.69, 9.17) is 5.73 Å². The third-order valence-electron chi connectivity index (χ3n) is 2.01. The van der Waals surface area contributed by atoms with E-state index in [9.17, 15) is 12.8 Å². The first-order valence-corrected chi connectivity index (χ1v) is 5.35. The number of hydrogen-bond acceptors (Lipinski definition) is 3. The van der Waals surface area contributed by atoms with Crippen molar-refractivity contribution >= 4 is 9.84 Å². The van der Waals surface area contributed by atoms with Gasteiger partial charge in [-0.3, -0.25) is 0 Å². The number of halogens is 1. The molecule has 1 saturated heterocycles. The minimum Gasteiger partial charge on any atom is -0.328 e. The van der Waals surface area contributed by atoms with E-state index in [0.717, 1.165) is 0 Å². The van der Waals surface area contributed by atoms with Crippen LogP contribution in [-0.2, 0) is 9.84 Å². The largest absolute Gasteiger partial charge is 0.328 e. The van der Waals surface area contributed by atoms with Crippen LogP contribution in [0.5, 0.6) is 0 Å². The molecule has 0 saturated carbocycles. The fourth-order valence-electron chi connectivity index (χ4n) is 1.37. The van der Waals surface area contributed by atoms with E-state index in [1.165, 1.54) is 0 Å². The van der Waals surface area contributed by atoms with Gasteiger partial charge in [0, 0.05) is 6.54 Å². The molecule has 0 aliphatic carbocycles. The van der Waals surface area contributed by atoms with Gasteiger partial charge in [-0.25, -0.2) is 12.8 Å². The molecule has 3 nitrogen and oxygen atoms in total. The maximum atomic E-state index is 12.8. The Kier molecular flexibility index (Phi) is 2.49. The Morgan fingerprint density at radius 1 is 1.64 bits per heavy atom. The molecule has 1 heterocycles. The summed E-state index contributed by atoms with van der Waals surface area (Å²) < 4.78 is 35.0. The maximum Gasteiger partial charge on any atom is 0.156 e. The van der Waals surface area contributed by atoms with Gasteiger partial charge in [-0.05, 0) is 12.8 Å². The van der Waals surface area contributed by atoms with Crippen LogP contribution >= 0.6 is 0 Å². The summed E-state index contributed by atoms with van der Waals surface area (Å²) in [7, 11) is -3.15. The Hall–Kier alpha value is -0.160. The molecule has 0 aromatic carbocycles. The zero-order valence-electron chi connectivity index (χ0n) is 6.16. The van der Waals surface area contributed by atoms with Crippen molar-refractivity contribution in [3.8, 4) is 0 Å². The minimum absolute atomic E-state index is 0.123. The lowest BCUT2D eigenvalue weighted by Crippen LogP contribution is -2.33. The van der Waals surface area contributed by atoms with Crippen molar-refractivity contribution in [2.75, 3.05) is 12.3 Å². The van der Waals surface area contributed by atoms with Gasteiger partial charge in [0.25, 0.3) is 0 Å². The third-order valence-corrected chi connectivity index (χ3v) is 4.32. The molecule has 0 aromatic heterocycles. The lowest BCUT2D eigenvalue weighted by molar-refractivity contribution is 0.322. The second-order valence-electron chi connectivity index (χ2n) is 2.80. The zero-order valence-corrected chi connectivity index (χ0v) is 6.98. The smallest absolute Gasteiger partial charge is 0.156 e. The van der Waals surface area contributed by atoms with Crippen molar-refractivity contribution < 1.29 is 12.8 Å². The molecule has 2 atom stereocenters. The first-order chi connectivity index (χ1) is 5.08. The highest BCUT2D eigenvalue weighted by atomic mass is 32.2. The molecule has 11 heavy (non-hydrogen) atoms. The number of sulfone groups is 1. The third kappa shape index (κ3) is 1.70. The van der Waals surface area contributed by atoms with E-state index < -0.39 is 21.3 Å². The molecule has 0 aromatic rings. The molecular weight excluding hydrogens is 169 g/mol. The van der Waals surface area contributed by atoms with Crippen molar-refractivity contribution in [2.45, 2.75) is 24.3 Å². The highest BCUT2D eigenvalue weighted by Gasteiger charge is 2.37. The van der Waals surface area contributed by atoms with Gasteiger partial charge in [0.15, 0.2) is 9.84 Å². The van der Waals surface area contributed by atoms with Crippen LogP contribution in [0.2, 0.25) is 0 Å². The van der Waals surface area contributed by atoms with Crippen LogP contribution in [-0.4, -0.2) is 32.1 Å². The Balaban J connectivity index is 2.73. The predicted molar refractivity (Wildman–Crippen MR) is 40.8 cm³/mol. The Bertz CT molecular complexity index is 227. The zero-order chi connectivity index (χ0) is 8.48. The number of hydrogen-bond donors (Lipinski definition) is 1. The van der Waals surface area contributed by atoms with Crippen LogP contribution in [0.25, 0.3) is 0 Å². The second-order valence-corrected chi connectivity index (χ2v) is 5.14. The van der Waals surface area contributed by atoms with Gasteiger partial charge in [0.05, 0.1) is 11.0 Å². The van der Waals surface area contributed by atoms with E-state index >= 15 is 0 Å². The molecule has 0 spiro atoms. The molecule has 1 aliphatic heterocycles. The van der Waals surface area contributed by atoms with Gasteiger partial charge in [-0.2, -0.15) is 0 Å². The maximum absolute atomic E-state index is 12.8. The van der Waals surface area contributed by atoms with Crippen molar-refractivity contribution in [2.24, 2.45) is 5.73 Å². The quantitative estimate of drug-likeness (QED) is 0.645. The van der Waals surface area contributed by atoms with E-state index in [2.05, 4.69) is 0 Å². The summed E-state index contributed by atoms with van der Waals surface area (Å²) in [5, 5.41) is -0.826. The summed E-state index contributed by atoms with van der Waals surface area (Å²) in [6.45, 7) is -0.191. The fourth-order valence-corrected chi connectivity index (χ4v) is 3.33. The van der Waals surface area contributed by atoms with Gasteiger partial charge >= 0.3 is 0 Å². The molecule has 0 radical (unpaired) electrons. The van der Waals surface area contributed by atoms with Gasteiger partial charge < -0.3 is 5.73 Å². The highest BCUT2D eigenvalue weighted by molar-refractivity contribution is 7.92. The minimum atomic E-state index is -3.15. The first-order valence-electron chi connectivity index (χ1n) is 3.63.